The number of hydrogen-bond acceptors (Lipinski definition) is 3. The quantitative estimate of drug-likeness (QED) is 0.853. The number of amides is 1. The van der Waals surface area contributed by atoms with Gasteiger partial charge in [-0.2, -0.15) is 0 Å². The molecule has 27 heavy (non-hydrogen) atoms. The minimum absolute atomic E-state index is 0.0450. The molecule has 3 atom stereocenters. The number of carbonyl (C=O) groups excluding carboxylic acids is 1. The Hall–Kier alpha value is -1.91. The highest BCUT2D eigenvalue weighted by atomic mass is 16.3. The molecule has 2 N–H and O–H groups in total. The van der Waals surface area contributed by atoms with E-state index in [9.17, 15) is 9.90 Å². The summed E-state index contributed by atoms with van der Waals surface area (Å²) in [5.74, 6) is 0.368. The number of aliphatic hydroxyl groups is 1. The van der Waals surface area contributed by atoms with Crippen LogP contribution in [-0.4, -0.2) is 41.1 Å². The first-order valence-corrected chi connectivity index (χ1v) is 10.4. The van der Waals surface area contributed by atoms with Gasteiger partial charge in [-0.25, -0.2) is 0 Å². The molecule has 2 aliphatic rings. The molecule has 1 saturated heterocycles. The number of anilines is 1. The van der Waals surface area contributed by atoms with E-state index in [1.54, 1.807) is 0 Å². The van der Waals surface area contributed by atoms with Gasteiger partial charge in [-0.1, -0.05) is 55.7 Å². The number of nitrogens with zero attached hydrogens (tertiary/aromatic N) is 1. The van der Waals surface area contributed by atoms with Crippen LogP contribution < -0.4 is 5.32 Å². The third-order valence-corrected chi connectivity index (χ3v) is 6.35. The van der Waals surface area contributed by atoms with E-state index in [4.69, 9.17) is 0 Å². The van der Waals surface area contributed by atoms with Gasteiger partial charge in [-0.05, 0) is 43.7 Å². The van der Waals surface area contributed by atoms with Gasteiger partial charge in [0.1, 0.15) is 0 Å². The second kappa shape index (κ2) is 8.41. The highest BCUT2D eigenvalue weighted by Gasteiger charge is 2.36. The lowest BCUT2D eigenvalue weighted by Crippen LogP contribution is -2.51. The molecule has 1 heterocycles. The van der Waals surface area contributed by atoms with E-state index in [0.29, 0.717) is 18.5 Å². The lowest BCUT2D eigenvalue weighted by atomic mass is 9.78. The molecule has 1 aliphatic carbocycles. The first-order chi connectivity index (χ1) is 13.2. The number of fused-ring (bicyclic) bond motifs is 1. The third kappa shape index (κ3) is 4.17. The van der Waals surface area contributed by atoms with Crippen molar-refractivity contribution >= 4 is 22.4 Å². The number of nitrogens with one attached hydrogen (secondary N) is 1. The van der Waals surface area contributed by atoms with Crippen LogP contribution in [0.4, 0.5) is 5.69 Å². The standard InChI is InChI=1S/C23H30N2O2/c26-22-14-4-3-11-19(22)21-13-5-6-15-25(21)16-23(27)24-20-12-7-9-17-8-1-2-10-18(17)20/h1-2,7-10,12,19,21-22,26H,3-6,11,13-16H2,(H,24,27)/t19-,21+,22+/m0/s1. The second-order valence-electron chi connectivity index (χ2n) is 8.12. The molecule has 1 amide bonds. The van der Waals surface area contributed by atoms with E-state index < -0.39 is 0 Å². The number of likely N-dealkylation sites (tertiary alicyclic amines) is 1. The predicted molar refractivity (Wildman–Crippen MR) is 110 cm³/mol. The van der Waals surface area contributed by atoms with E-state index in [1.807, 2.05) is 30.3 Å². The second-order valence-corrected chi connectivity index (χ2v) is 8.12. The highest BCUT2D eigenvalue weighted by molar-refractivity contribution is 6.02. The summed E-state index contributed by atoms with van der Waals surface area (Å²) in [5, 5.41) is 15.8. The Kier molecular flexibility index (Phi) is 5.74. The molecule has 0 spiro atoms. The monoisotopic (exact) mass is 366 g/mol. The molecule has 4 nitrogen and oxygen atoms in total. The van der Waals surface area contributed by atoms with Gasteiger partial charge in [0.15, 0.2) is 0 Å². The minimum Gasteiger partial charge on any atom is -0.393 e. The van der Waals surface area contributed by atoms with Gasteiger partial charge in [0, 0.05) is 23.0 Å². The Bertz CT molecular complexity index is 786. The molecular formula is C23H30N2O2. The fourth-order valence-electron chi connectivity index (χ4n) is 5.00. The van der Waals surface area contributed by atoms with Gasteiger partial charge in [0.25, 0.3) is 0 Å². The summed E-state index contributed by atoms with van der Waals surface area (Å²) in [4.78, 5) is 15.1. The van der Waals surface area contributed by atoms with E-state index in [0.717, 1.165) is 55.1 Å². The zero-order valence-corrected chi connectivity index (χ0v) is 15.9. The van der Waals surface area contributed by atoms with Crippen LogP contribution in [0.2, 0.25) is 0 Å². The van der Waals surface area contributed by atoms with Crippen molar-refractivity contribution in [3.8, 4) is 0 Å². The van der Waals surface area contributed by atoms with E-state index in [-0.39, 0.29) is 12.0 Å². The van der Waals surface area contributed by atoms with E-state index in [1.165, 1.54) is 12.8 Å². The molecule has 2 fully saturated rings. The number of hydrogen-bond donors (Lipinski definition) is 2. The smallest absolute Gasteiger partial charge is 0.238 e. The van der Waals surface area contributed by atoms with Crippen molar-refractivity contribution in [2.45, 2.75) is 57.1 Å². The van der Waals surface area contributed by atoms with Crippen molar-refractivity contribution in [2.75, 3.05) is 18.4 Å². The number of carbonyl (C=O) groups is 1. The Labute approximate surface area is 161 Å². The zero-order chi connectivity index (χ0) is 18.6. The van der Waals surface area contributed by atoms with Crippen molar-refractivity contribution in [3.05, 3.63) is 42.5 Å². The fraction of sp³-hybridized carbons (Fsp3) is 0.522. The van der Waals surface area contributed by atoms with Crippen LogP contribution in [0.25, 0.3) is 10.8 Å². The Balaban J connectivity index is 1.45. The van der Waals surface area contributed by atoms with Crippen LogP contribution >= 0.6 is 0 Å². The van der Waals surface area contributed by atoms with E-state index >= 15 is 0 Å². The van der Waals surface area contributed by atoms with Crippen molar-refractivity contribution < 1.29 is 9.90 Å². The molecule has 0 radical (unpaired) electrons. The maximum absolute atomic E-state index is 12.8. The maximum Gasteiger partial charge on any atom is 0.238 e. The molecule has 0 unspecified atom stereocenters. The van der Waals surface area contributed by atoms with Crippen molar-refractivity contribution in [1.82, 2.24) is 4.90 Å². The van der Waals surface area contributed by atoms with Gasteiger partial charge >= 0.3 is 0 Å². The van der Waals surface area contributed by atoms with Crippen molar-refractivity contribution in [2.24, 2.45) is 5.92 Å². The molecule has 4 heteroatoms. The van der Waals surface area contributed by atoms with Gasteiger partial charge in [0.2, 0.25) is 5.91 Å². The van der Waals surface area contributed by atoms with Crippen LogP contribution in [0.5, 0.6) is 0 Å². The summed E-state index contributed by atoms with van der Waals surface area (Å²) in [6.07, 6.45) is 7.58. The predicted octanol–water partition coefficient (Wildman–Crippen LogP) is 4.18. The maximum atomic E-state index is 12.8. The summed E-state index contributed by atoms with van der Waals surface area (Å²) in [6.45, 7) is 1.37. The van der Waals surface area contributed by atoms with Gasteiger partial charge < -0.3 is 10.4 Å². The molecule has 1 saturated carbocycles. The van der Waals surface area contributed by atoms with Crippen molar-refractivity contribution in [3.63, 3.8) is 0 Å². The number of piperidine rings is 1. The zero-order valence-electron chi connectivity index (χ0n) is 15.9. The molecule has 2 aromatic rings. The Morgan fingerprint density at radius 1 is 1.00 bits per heavy atom. The topological polar surface area (TPSA) is 52.6 Å². The highest BCUT2D eigenvalue weighted by Crippen LogP contribution is 2.34. The average Bonchev–Trinajstić information content (AvgIpc) is 2.69. The molecular weight excluding hydrogens is 336 g/mol. The van der Waals surface area contributed by atoms with Gasteiger partial charge in [-0.15, -0.1) is 0 Å². The lowest BCUT2D eigenvalue weighted by Gasteiger charge is -2.43. The fourth-order valence-corrected chi connectivity index (χ4v) is 5.00. The lowest BCUT2D eigenvalue weighted by molar-refractivity contribution is -0.119. The minimum atomic E-state index is -0.203. The van der Waals surface area contributed by atoms with Gasteiger partial charge in [-0.3, -0.25) is 9.69 Å². The summed E-state index contributed by atoms with van der Waals surface area (Å²) >= 11 is 0. The van der Waals surface area contributed by atoms with Crippen LogP contribution in [0, 0.1) is 5.92 Å². The van der Waals surface area contributed by atoms with Gasteiger partial charge in [0.05, 0.1) is 12.6 Å². The molecule has 0 aromatic heterocycles. The molecule has 144 valence electrons. The number of rotatable bonds is 4. The third-order valence-electron chi connectivity index (χ3n) is 6.35. The largest absolute Gasteiger partial charge is 0.393 e. The molecule has 4 rings (SSSR count). The summed E-state index contributed by atoms with van der Waals surface area (Å²) in [6, 6.07) is 14.5. The van der Waals surface area contributed by atoms with Crippen LogP contribution in [0.1, 0.15) is 44.9 Å². The summed E-state index contributed by atoms with van der Waals surface area (Å²) in [5.41, 5.74) is 0.879. The normalized spacial score (nSPS) is 26.8. The summed E-state index contributed by atoms with van der Waals surface area (Å²) in [7, 11) is 0. The van der Waals surface area contributed by atoms with Crippen LogP contribution in [-0.2, 0) is 4.79 Å². The first-order valence-electron chi connectivity index (χ1n) is 10.4. The molecule has 0 bridgehead atoms. The summed E-state index contributed by atoms with van der Waals surface area (Å²) < 4.78 is 0. The van der Waals surface area contributed by atoms with Crippen LogP contribution in [0.3, 0.4) is 0 Å². The van der Waals surface area contributed by atoms with Crippen LogP contribution in [0.15, 0.2) is 42.5 Å². The van der Waals surface area contributed by atoms with Crippen molar-refractivity contribution in [1.29, 1.82) is 0 Å². The Morgan fingerprint density at radius 3 is 2.67 bits per heavy atom. The first kappa shape index (κ1) is 18.5. The average molecular weight is 367 g/mol. The van der Waals surface area contributed by atoms with E-state index in [2.05, 4.69) is 22.3 Å². The SMILES string of the molecule is O=C(CN1CCCC[C@@H]1[C@@H]1CCCC[C@H]1O)Nc1cccc2ccccc12. The Morgan fingerprint density at radius 2 is 1.78 bits per heavy atom. The molecule has 1 aliphatic heterocycles. The number of aliphatic hydroxyl groups excluding tert-OH is 1. The molecule has 2 aromatic carbocycles. The number of benzene rings is 2.